The Labute approximate surface area is 140 Å². The minimum atomic E-state index is -2.94. The highest BCUT2D eigenvalue weighted by molar-refractivity contribution is 6.59. The highest BCUT2D eigenvalue weighted by atomic mass is 28.4. The van der Waals surface area contributed by atoms with Gasteiger partial charge in [-0.05, 0) is 38.3 Å². The van der Waals surface area contributed by atoms with Crippen LogP contribution in [0.4, 0.5) is 5.69 Å². The maximum absolute atomic E-state index is 10.1. The van der Waals surface area contributed by atoms with E-state index >= 15 is 0 Å². The van der Waals surface area contributed by atoms with Crippen LogP contribution in [0.3, 0.4) is 0 Å². The van der Waals surface area contributed by atoms with Crippen LogP contribution in [0, 0.1) is 20.8 Å². The van der Waals surface area contributed by atoms with Gasteiger partial charge in [-0.25, -0.2) is 0 Å². The van der Waals surface area contributed by atoms with Crippen LogP contribution in [0.2, 0.25) is 6.04 Å². The molecule has 0 saturated carbocycles. The number of hydrogen-bond acceptors (Lipinski definition) is 5. The summed E-state index contributed by atoms with van der Waals surface area (Å²) < 4.78 is 10.2. The minimum Gasteiger partial charge on any atom is -0.390 e. The lowest BCUT2D eigenvalue weighted by molar-refractivity contribution is 0.149. The molecule has 0 bridgehead atoms. The van der Waals surface area contributed by atoms with Crippen molar-refractivity contribution < 1.29 is 13.6 Å². The third-order valence-corrected chi connectivity index (χ3v) is 6.55. The highest BCUT2D eigenvalue weighted by Gasteiger charge is 2.33. The zero-order valence-corrected chi connectivity index (χ0v) is 15.8. The molecular formula is C17H28N2O3Si. The third-order valence-electron chi connectivity index (χ3n) is 4.29. The van der Waals surface area contributed by atoms with Gasteiger partial charge in [-0.3, -0.25) is 0 Å². The van der Waals surface area contributed by atoms with Gasteiger partial charge in [-0.15, -0.1) is 0 Å². The Bertz CT molecular complexity index is 550. The molecule has 23 heavy (non-hydrogen) atoms. The fourth-order valence-electron chi connectivity index (χ4n) is 3.17. The van der Waals surface area contributed by atoms with Crippen molar-refractivity contribution in [2.45, 2.75) is 33.2 Å². The average Bonchev–Trinajstić information content (AvgIpc) is 2.94. The summed E-state index contributed by atoms with van der Waals surface area (Å²) in [6.45, 7) is 8.17. The summed E-state index contributed by atoms with van der Waals surface area (Å²) in [4.78, 5) is 14.6. The van der Waals surface area contributed by atoms with Crippen molar-refractivity contribution in [2.24, 2.45) is 0 Å². The van der Waals surface area contributed by atoms with E-state index in [9.17, 15) is 4.80 Å². The molecule has 1 aliphatic heterocycles. The fraction of sp³-hybridized carbons (Fsp3) is 0.529. The van der Waals surface area contributed by atoms with Gasteiger partial charge in [-0.1, -0.05) is 17.7 Å². The van der Waals surface area contributed by atoms with Gasteiger partial charge in [0.2, 0.25) is 0 Å². The first-order valence-electron chi connectivity index (χ1n) is 7.98. The zero-order valence-electron chi connectivity index (χ0n) is 14.8. The largest absolute Gasteiger partial charge is 0.497 e. The van der Waals surface area contributed by atoms with E-state index in [0.29, 0.717) is 6.04 Å². The van der Waals surface area contributed by atoms with Crippen molar-refractivity contribution in [1.82, 2.24) is 4.90 Å². The molecule has 0 fully saturated rings. The Morgan fingerprint density at radius 2 is 1.70 bits per heavy atom. The molecule has 128 valence electrons. The Balaban J connectivity index is 1.92. The lowest BCUT2D eigenvalue weighted by Gasteiger charge is -2.25. The summed E-state index contributed by atoms with van der Waals surface area (Å²) >= 11 is 0. The van der Waals surface area contributed by atoms with Crippen LogP contribution < -0.4 is 4.90 Å². The van der Waals surface area contributed by atoms with Gasteiger partial charge in [0.05, 0.1) is 6.67 Å². The molecule has 1 aromatic rings. The van der Waals surface area contributed by atoms with Gasteiger partial charge >= 0.3 is 8.80 Å². The van der Waals surface area contributed by atoms with Gasteiger partial charge in [0.1, 0.15) is 0 Å². The molecule has 0 aliphatic carbocycles. The van der Waals surface area contributed by atoms with Crippen molar-refractivity contribution in [3.63, 3.8) is 0 Å². The van der Waals surface area contributed by atoms with E-state index in [1.165, 1.54) is 36.6 Å². The smallest absolute Gasteiger partial charge is 0.390 e. The van der Waals surface area contributed by atoms with Gasteiger partial charge in [0.15, 0.2) is 0 Å². The molecule has 0 spiro atoms. The second kappa shape index (κ2) is 7.48. The topological polar surface area (TPSA) is 45.2 Å². The van der Waals surface area contributed by atoms with Crippen molar-refractivity contribution in [3.8, 4) is 0 Å². The van der Waals surface area contributed by atoms with Gasteiger partial charge < -0.3 is 23.4 Å². The van der Waals surface area contributed by atoms with Crippen LogP contribution in [0.25, 0.3) is 0 Å². The number of aryl methyl sites for hydroxylation is 3. The van der Waals surface area contributed by atoms with Crippen molar-refractivity contribution in [2.75, 3.05) is 32.3 Å². The fourth-order valence-corrected chi connectivity index (χ4v) is 4.35. The standard InChI is InChI=1S/C17H28N2O3Si/c1-14-11-15(2)17(16(3)12-14)19-9-8-18(13-19)7-6-10-23(20,21-4)22-5/h8-9,11-12,20H,6-7,10,13H2,1-5H3. The van der Waals surface area contributed by atoms with Crippen LogP contribution in [-0.4, -0.2) is 45.9 Å². The second-order valence-electron chi connectivity index (χ2n) is 6.19. The van der Waals surface area contributed by atoms with E-state index < -0.39 is 8.80 Å². The summed E-state index contributed by atoms with van der Waals surface area (Å²) in [5.41, 5.74) is 5.19. The predicted molar refractivity (Wildman–Crippen MR) is 95.3 cm³/mol. The molecule has 6 heteroatoms. The van der Waals surface area contributed by atoms with Crippen molar-refractivity contribution in [3.05, 3.63) is 41.2 Å². The average molecular weight is 337 g/mol. The molecule has 0 radical (unpaired) electrons. The number of hydrogen-bond donors (Lipinski definition) is 1. The Kier molecular flexibility index (Phi) is 5.86. The Hall–Kier alpha value is -1.34. The highest BCUT2D eigenvalue weighted by Crippen LogP contribution is 2.29. The summed E-state index contributed by atoms with van der Waals surface area (Å²) in [6, 6.07) is 5.02. The molecule has 5 nitrogen and oxygen atoms in total. The van der Waals surface area contributed by atoms with Crippen LogP contribution in [-0.2, 0) is 8.85 Å². The first-order valence-corrected chi connectivity index (χ1v) is 9.95. The van der Waals surface area contributed by atoms with Crippen molar-refractivity contribution in [1.29, 1.82) is 0 Å². The molecule has 1 heterocycles. The summed E-state index contributed by atoms with van der Waals surface area (Å²) in [5.74, 6) is 0. The maximum Gasteiger partial charge on any atom is 0.497 e. The van der Waals surface area contributed by atoms with Gasteiger partial charge in [-0.2, -0.15) is 0 Å². The monoisotopic (exact) mass is 336 g/mol. The lowest BCUT2D eigenvalue weighted by Crippen LogP contribution is -2.40. The molecule has 0 amide bonds. The molecule has 1 aromatic carbocycles. The number of anilines is 1. The zero-order chi connectivity index (χ0) is 17.0. The van der Waals surface area contributed by atoms with Crippen LogP contribution in [0.1, 0.15) is 23.1 Å². The molecule has 0 unspecified atom stereocenters. The number of rotatable bonds is 7. The molecule has 1 N–H and O–H groups in total. The first kappa shape index (κ1) is 18.0. The summed E-state index contributed by atoms with van der Waals surface area (Å²) in [7, 11) is 0.0814. The lowest BCUT2D eigenvalue weighted by atomic mass is 10.0. The number of benzene rings is 1. The summed E-state index contributed by atoms with van der Waals surface area (Å²) in [6.07, 6.45) is 5.08. The molecule has 2 rings (SSSR count). The van der Waals surface area contributed by atoms with Gasteiger partial charge in [0.25, 0.3) is 0 Å². The van der Waals surface area contributed by atoms with E-state index in [-0.39, 0.29) is 0 Å². The SMILES string of the molecule is CO[Si](O)(CCCN1C=CN(c2c(C)cc(C)cc2C)C1)OC. The van der Waals surface area contributed by atoms with Crippen LogP contribution in [0.15, 0.2) is 24.5 Å². The predicted octanol–water partition coefficient (Wildman–Crippen LogP) is 2.78. The molecule has 1 aliphatic rings. The third kappa shape index (κ3) is 4.35. The Morgan fingerprint density at radius 1 is 1.09 bits per heavy atom. The van der Waals surface area contributed by atoms with E-state index in [4.69, 9.17) is 8.85 Å². The van der Waals surface area contributed by atoms with Crippen LogP contribution >= 0.6 is 0 Å². The maximum atomic E-state index is 10.1. The van der Waals surface area contributed by atoms with E-state index in [1.807, 2.05) is 0 Å². The van der Waals surface area contributed by atoms with Crippen molar-refractivity contribution >= 4 is 14.5 Å². The number of nitrogens with zero attached hydrogens (tertiary/aromatic N) is 2. The van der Waals surface area contributed by atoms with E-state index in [0.717, 1.165) is 19.6 Å². The van der Waals surface area contributed by atoms with E-state index in [1.54, 1.807) is 0 Å². The normalized spacial score (nSPS) is 14.9. The summed E-state index contributed by atoms with van der Waals surface area (Å²) in [5, 5.41) is 0. The second-order valence-corrected chi connectivity index (χ2v) is 8.94. The Morgan fingerprint density at radius 3 is 2.26 bits per heavy atom. The minimum absolute atomic E-state index is 0.576. The molecule has 0 aromatic heterocycles. The quantitative estimate of drug-likeness (QED) is 0.776. The molecular weight excluding hydrogens is 308 g/mol. The van der Waals surface area contributed by atoms with Gasteiger partial charge in [0, 0.05) is 44.9 Å². The molecule has 0 atom stereocenters. The van der Waals surface area contributed by atoms with Crippen LogP contribution in [0.5, 0.6) is 0 Å². The van der Waals surface area contributed by atoms with E-state index in [2.05, 4.69) is 55.1 Å². The molecule has 0 saturated heterocycles. The first-order chi connectivity index (χ1) is 10.9.